The molecular weight excluding hydrogens is 1740 g/mol. The van der Waals surface area contributed by atoms with Gasteiger partial charge in [0.05, 0.1) is 38.8 Å². The molecule has 0 aliphatic rings. The van der Waals surface area contributed by atoms with Crippen molar-refractivity contribution in [3.8, 4) is 28.6 Å². The largest absolute Gasteiger partial charge is 1.00 e. The SMILES string of the molecule is CCN(CC)c1nc(NO)nc(NO)n1.CNC(=O)Nc1cccc(-n2[nH]nnc2=S)c1.CNCCCNc1nc(C)nc(NCCO)n1.CSc1n[nH]c(=S)s1.Cc1cc(=O)n2[nH]cnc2n1.O=S(=O)([O-])c1cccc(-n2[nH]nnc2=S)c1.O=[N+]([O-])O.Oc1ccc(O)cc1.S=c1[nH]c2ccccc2s1.S=c1nn[nH]n1-c1ccccc1.[Na+]. The van der Waals surface area contributed by atoms with Gasteiger partial charge in [-0.05, 0) is 200 Å². The third kappa shape index (κ3) is 36.4. The number of aromatic hydroxyl groups is 2. The Morgan fingerprint density at radius 2 is 1.18 bits per heavy atom. The van der Waals surface area contributed by atoms with Crippen molar-refractivity contribution in [3.63, 3.8) is 0 Å². The maximum absolute atomic E-state index is 11.2. The molecule has 0 radical (unpaired) electrons. The second kappa shape index (κ2) is 53.7. The van der Waals surface area contributed by atoms with E-state index in [1.165, 1.54) is 84.8 Å². The molecule has 628 valence electrons. The summed E-state index contributed by atoms with van der Waals surface area (Å²) in [5.74, 6) is 2.78. The van der Waals surface area contributed by atoms with Crippen LogP contribution in [-0.4, -0.2) is 240 Å². The predicted molar refractivity (Wildman–Crippen MR) is 450 cm³/mol. The first-order valence-electron chi connectivity index (χ1n) is 33.4. The number of H-pyrrole nitrogens is 6. The number of benzene rings is 5. The number of nitrogens with zero attached hydrogens (tertiary/aromatic N) is 21. The molecule has 0 unspecified atom stereocenters. The van der Waals surface area contributed by atoms with Crippen LogP contribution in [0.25, 0.3) is 33.1 Å². The molecule has 14 rings (SSSR count). The van der Waals surface area contributed by atoms with Gasteiger partial charge in [-0.2, -0.15) is 55.2 Å². The van der Waals surface area contributed by atoms with Crippen molar-refractivity contribution in [1.29, 1.82) is 0 Å². The number of nitrogens with one attached hydrogen (secondary N) is 13. The van der Waals surface area contributed by atoms with Crippen LogP contribution in [0, 0.1) is 46.2 Å². The summed E-state index contributed by atoms with van der Waals surface area (Å²) in [4.78, 5) is 67.1. The molecule has 0 aliphatic heterocycles. The normalized spacial score (nSPS) is 10.0. The van der Waals surface area contributed by atoms with E-state index in [1.807, 2.05) is 93.6 Å². The molecule has 0 aliphatic carbocycles. The summed E-state index contributed by atoms with van der Waals surface area (Å²) in [5, 5.41) is 110. The van der Waals surface area contributed by atoms with E-state index in [2.05, 4.69) is 139 Å². The Morgan fingerprint density at radius 3 is 1.66 bits per heavy atom. The fourth-order valence-electron chi connectivity index (χ4n) is 8.34. The van der Waals surface area contributed by atoms with Crippen LogP contribution in [-0.2, 0) is 10.1 Å². The van der Waals surface area contributed by atoms with Crippen molar-refractivity contribution in [2.75, 3.05) is 91.5 Å². The minimum Gasteiger partial charge on any atom is -0.744 e. The van der Waals surface area contributed by atoms with Gasteiger partial charge in [-0.3, -0.25) is 25.4 Å². The zero-order valence-corrected chi connectivity index (χ0v) is 73.2. The van der Waals surface area contributed by atoms with Gasteiger partial charge in [-0.15, -0.1) is 21.5 Å². The number of amides is 2. The van der Waals surface area contributed by atoms with E-state index in [4.69, 9.17) is 102 Å². The van der Waals surface area contributed by atoms with Crippen LogP contribution in [0.15, 0.2) is 154 Å². The number of fused-ring (bicyclic) bond motifs is 2. The molecule has 14 aromatic rings. The minimum absolute atomic E-state index is 0. The molecule has 2 amide bonds. The van der Waals surface area contributed by atoms with Crippen LogP contribution in [0.1, 0.15) is 31.8 Å². The van der Waals surface area contributed by atoms with E-state index < -0.39 is 15.2 Å². The van der Waals surface area contributed by atoms with Crippen LogP contribution < -0.4 is 77.6 Å². The van der Waals surface area contributed by atoms with Gasteiger partial charge in [0.1, 0.15) is 33.8 Å². The Balaban J connectivity index is 0.000000282. The zero-order valence-electron chi connectivity index (χ0n) is 63.8. The first kappa shape index (κ1) is 99.8. The van der Waals surface area contributed by atoms with Gasteiger partial charge in [-0.1, -0.05) is 96.5 Å². The Labute approximate surface area is 733 Å². The van der Waals surface area contributed by atoms with Gasteiger partial charge in [0.25, 0.3) is 28.3 Å². The standard InChI is InChI=1S/C10H20N6O.C9H10N6OS.C7H14N6O2.C7H6N4O3S2.C7H6N4S.C7H5NS2.C6H6N4O.C6H6O2.C3H4N2S3.HNO3.Na/c1-8-14-9(12-5-3-4-11-2)16-10(15-8)13-6-7-17;1-10-8(16)11-6-3-2-4-7(5-6)15-9(17)12-13-14-15;1-3-13(4-2)7-9-5(11-14)8-6(10-7)12-15;12-16(13,14)6-3-1-2-5(4-6)11-7(15)8-9-10-11;12-7-8-9-10-11(7)6-4-2-1-3-5-6;9-7-8-5-3-1-2-4-6(5)10-7;1-4-2-5(11)10-6(9-4)7-3-8-10;7-5-1-2-6(8)4-3-5;1-7-3-5-4-2(6)8-3;2-1(3)4;/h11,17H,3-7H2,1-2H3,(H2,12,13,14,15,16);2-5H,1H3,(H2,10,11,16)(H,12,14,17);14-15H,3-4H2,1-2H3,(H2,8,9,10,11,12);1-4H,(H,8,10,15)(H,12,13,14);1-5H,(H,8,10,12);1-4H,(H,8,9);2-3H,1H3,(H,7,8,9);1-4,7-8H;1H3,(H,4,6);(H,2,3,4);/q;;;;;;;;;;+1/p-1. The number of anilines is 6. The van der Waals surface area contributed by atoms with E-state index in [9.17, 15) is 22.6 Å². The molecule has 9 heterocycles. The number of hydrogen-bond acceptors (Lipinski definition) is 41. The molecule has 9 aromatic heterocycles. The third-order valence-electron chi connectivity index (χ3n) is 13.4. The van der Waals surface area contributed by atoms with E-state index in [1.54, 1.807) is 77.0 Å². The maximum atomic E-state index is 11.2. The van der Waals surface area contributed by atoms with Crippen molar-refractivity contribution in [2.45, 2.75) is 43.4 Å². The molecule has 19 N–H and O–H groups in total. The third-order valence-corrected chi connectivity index (χ3v) is 18.4. The van der Waals surface area contributed by atoms with Crippen LogP contribution in [0.5, 0.6) is 11.5 Å². The smallest absolute Gasteiger partial charge is 0.744 e. The van der Waals surface area contributed by atoms with Crippen molar-refractivity contribution < 1.29 is 83.4 Å². The predicted octanol–water partition coefficient (Wildman–Crippen LogP) is 4.92. The fraction of sp³-hybridized carbons (Fsp3) is 0.226. The number of phenolic OH excluding ortho intramolecular Hbond substituents is 2. The number of carbonyl (C=O) groups excluding carboxylic acids is 1. The number of thioether (sulfide) groups is 1. The Bertz CT molecular complexity index is 5780. The van der Waals surface area contributed by atoms with Crippen molar-refractivity contribution in [2.24, 2.45) is 0 Å². The molecule has 0 spiro atoms. The first-order valence-corrected chi connectivity index (χ1v) is 39.7. The summed E-state index contributed by atoms with van der Waals surface area (Å²) >= 11 is 29.2. The number of para-hydroxylation sites is 2. The Morgan fingerprint density at radius 1 is 0.664 bits per heavy atom. The topological polar surface area (TPSA) is 651 Å². The molecule has 119 heavy (non-hydrogen) atoms. The fourth-order valence-corrected chi connectivity index (χ4v) is 12.0. The van der Waals surface area contributed by atoms with Gasteiger partial charge in [0.15, 0.2) is 12.2 Å². The minimum atomic E-state index is -4.48. The molecular formula is C62H77N34NaO13S9. The van der Waals surface area contributed by atoms with Crippen LogP contribution in [0.2, 0.25) is 0 Å². The van der Waals surface area contributed by atoms with Crippen LogP contribution >= 0.6 is 95.5 Å². The van der Waals surface area contributed by atoms with Crippen molar-refractivity contribution >= 4 is 163 Å². The van der Waals surface area contributed by atoms with Gasteiger partial charge in [-0.25, -0.2) is 48.2 Å². The van der Waals surface area contributed by atoms with E-state index in [0.29, 0.717) is 62.6 Å². The summed E-state index contributed by atoms with van der Waals surface area (Å²) in [6, 6.07) is 37.2. The summed E-state index contributed by atoms with van der Waals surface area (Å²) < 4.78 is 42.9. The second-order valence-corrected chi connectivity index (χ2v) is 28.6. The number of tetrazole rings is 3. The average molecular weight is 1820 g/mol. The number of aromatic nitrogens is 25. The van der Waals surface area contributed by atoms with E-state index in [0.717, 1.165) is 61.7 Å². The number of aromatic amines is 6. The van der Waals surface area contributed by atoms with Gasteiger partial charge in [0.2, 0.25) is 32.2 Å². The number of rotatable bonds is 19. The van der Waals surface area contributed by atoms with Gasteiger partial charge >= 0.3 is 35.6 Å². The van der Waals surface area contributed by atoms with E-state index >= 15 is 0 Å². The number of hydrogen-bond donors (Lipinski definition) is 19. The van der Waals surface area contributed by atoms with Gasteiger partial charge < -0.3 is 61.5 Å². The monoisotopic (exact) mass is 1820 g/mol. The molecule has 0 atom stereocenters. The quantitative estimate of drug-likeness (QED) is 0.00746. The van der Waals surface area contributed by atoms with Crippen LogP contribution in [0.3, 0.4) is 0 Å². The molecule has 0 bridgehead atoms. The number of carbonyl (C=O) groups is 1. The van der Waals surface area contributed by atoms with Crippen LogP contribution in [0.4, 0.5) is 40.2 Å². The first-order chi connectivity index (χ1) is 56.5. The Hall–Kier alpha value is -11.6. The molecule has 47 nitrogen and oxygen atoms in total. The molecule has 0 saturated heterocycles. The van der Waals surface area contributed by atoms with Crippen molar-refractivity contribution in [1.82, 2.24) is 136 Å². The molecule has 0 fully saturated rings. The summed E-state index contributed by atoms with van der Waals surface area (Å²) in [7, 11) is -1.01. The van der Waals surface area contributed by atoms with Crippen molar-refractivity contribution in [3.05, 3.63) is 194 Å². The number of aryl methyl sites for hydroxylation is 2. The van der Waals surface area contributed by atoms with E-state index in [-0.39, 0.29) is 80.8 Å². The molecule has 0 saturated carbocycles. The van der Waals surface area contributed by atoms with Gasteiger partial charge in [0, 0.05) is 50.7 Å². The number of thiazole rings is 1. The number of urea groups is 1. The summed E-state index contributed by atoms with van der Waals surface area (Å²) in [6.45, 7) is 11.2. The summed E-state index contributed by atoms with van der Waals surface area (Å²) in [6.07, 6.45) is 4.41. The number of aliphatic hydroxyl groups is 1. The second-order valence-electron chi connectivity index (χ2n) is 21.6. The summed E-state index contributed by atoms with van der Waals surface area (Å²) in [5.41, 5.74) is 8.01. The molecule has 57 heteroatoms. The Kier molecular flexibility index (Phi) is 45.0. The average Bonchev–Trinajstić information content (AvgIpc) is 1.77. The zero-order chi connectivity index (χ0) is 86.5. The number of phenols is 2. The number of aliphatic hydroxyl groups excluding tert-OH is 1. The maximum Gasteiger partial charge on any atom is 1.00 e. The molecule has 5 aromatic carbocycles.